The lowest BCUT2D eigenvalue weighted by Crippen LogP contribution is -2.52. The molecule has 0 heterocycles. The highest BCUT2D eigenvalue weighted by Crippen LogP contribution is 2.33. The van der Waals surface area contributed by atoms with Crippen molar-refractivity contribution in [2.75, 3.05) is 24.2 Å². The van der Waals surface area contributed by atoms with Crippen LogP contribution in [0.3, 0.4) is 0 Å². The minimum absolute atomic E-state index is 0.00486. The van der Waals surface area contributed by atoms with Crippen LogP contribution < -0.4 is 14.4 Å². The van der Waals surface area contributed by atoms with E-state index in [0.29, 0.717) is 22.0 Å². The van der Waals surface area contributed by atoms with Gasteiger partial charge in [0.1, 0.15) is 18.3 Å². The summed E-state index contributed by atoms with van der Waals surface area (Å²) in [4.78, 5) is 27.9. The smallest absolute Gasteiger partial charge is 0.244 e. The van der Waals surface area contributed by atoms with E-state index >= 15 is 0 Å². The van der Waals surface area contributed by atoms with Gasteiger partial charge in [0.2, 0.25) is 21.8 Å². The van der Waals surface area contributed by atoms with E-state index in [1.807, 2.05) is 13.8 Å². The van der Waals surface area contributed by atoms with Crippen molar-refractivity contribution >= 4 is 62.3 Å². The summed E-state index contributed by atoms with van der Waals surface area (Å²) in [5.74, 6) is -0.763. The molecule has 0 fully saturated rings. The number of hydrogen-bond donors (Lipinski definition) is 1. The van der Waals surface area contributed by atoms with Gasteiger partial charge in [-0.15, -0.1) is 0 Å². The summed E-state index contributed by atoms with van der Waals surface area (Å²) in [6.07, 6.45) is 1.68. The van der Waals surface area contributed by atoms with Crippen LogP contribution in [0.1, 0.15) is 32.8 Å². The highest BCUT2D eigenvalue weighted by atomic mass is 35.5. The van der Waals surface area contributed by atoms with Crippen LogP contribution in [-0.2, 0) is 26.2 Å². The Balaban J connectivity index is 2.48. The first-order valence-electron chi connectivity index (χ1n) is 11.1. The number of ether oxygens (including phenoxy) is 1. The summed E-state index contributed by atoms with van der Waals surface area (Å²) in [6.45, 7) is 4.77. The molecule has 12 heteroatoms. The van der Waals surface area contributed by atoms with Crippen molar-refractivity contribution in [3.63, 3.8) is 0 Å². The zero-order chi connectivity index (χ0) is 27.2. The molecule has 2 atom stereocenters. The summed E-state index contributed by atoms with van der Waals surface area (Å²) >= 11 is 18.3. The highest BCUT2D eigenvalue weighted by Gasteiger charge is 2.31. The summed E-state index contributed by atoms with van der Waals surface area (Å²) in [5.41, 5.74) is 0.722. The summed E-state index contributed by atoms with van der Waals surface area (Å²) < 4.78 is 31.7. The van der Waals surface area contributed by atoms with Crippen molar-refractivity contribution in [3.8, 4) is 5.75 Å². The molecule has 0 aliphatic rings. The number of halogens is 3. The van der Waals surface area contributed by atoms with Gasteiger partial charge >= 0.3 is 0 Å². The van der Waals surface area contributed by atoms with Crippen molar-refractivity contribution < 1.29 is 22.7 Å². The maximum absolute atomic E-state index is 13.6. The van der Waals surface area contributed by atoms with E-state index in [4.69, 9.17) is 39.5 Å². The molecule has 0 unspecified atom stereocenters. The lowest BCUT2D eigenvalue weighted by Gasteiger charge is -2.32. The Morgan fingerprint density at radius 2 is 1.72 bits per heavy atom. The van der Waals surface area contributed by atoms with Crippen LogP contribution in [0.4, 0.5) is 5.69 Å². The number of amides is 2. The fourth-order valence-electron chi connectivity index (χ4n) is 3.34. The average Bonchev–Trinajstić information content (AvgIpc) is 2.81. The van der Waals surface area contributed by atoms with E-state index < -0.39 is 28.5 Å². The second-order valence-corrected chi connectivity index (χ2v) is 11.5. The van der Waals surface area contributed by atoms with Crippen molar-refractivity contribution in [1.82, 2.24) is 10.2 Å². The molecule has 0 bridgehead atoms. The van der Waals surface area contributed by atoms with Gasteiger partial charge in [-0.25, -0.2) is 8.42 Å². The molecule has 198 valence electrons. The second-order valence-electron chi connectivity index (χ2n) is 8.35. The Morgan fingerprint density at radius 3 is 2.28 bits per heavy atom. The van der Waals surface area contributed by atoms with E-state index in [0.717, 1.165) is 10.6 Å². The molecular formula is C24H30Cl3N3O5S. The molecule has 0 radical (unpaired) electrons. The van der Waals surface area contributed by atoms with E-state index in [9.17, 15) is 18.0 Å². The van der Waals surface area contributed by atoms with Crippen LogP contribution in [0, 0.1) is 0 Å². The maximum atomic E-state index is 13.6. The van der Waals surface area contributed by atoms with Gasteiger partial charge in [0.15, 0.2) is 0 Å². The Hall–Kier alpha value is -2.20. The van der Waals surface area contributed by atoms with Crippen LogP contribution in [0.25, 0.3) is 0 Å². The molecule has 1 N–H and O–H groups in total. The van der Waals surface area contributed by atoms with Gasteiger partial charge in [0, 0.05) is 17.6 Å². The zero-order valence-electron chi connectivity index (χ0n) is 20.7. The number of nitrogens with one attached hydrogen (secondary N) is 1. The van der Waals surface area contributed by atoms with Gasteiger partial charge in [-0.3, -0.25) is 13.9 Å². The molecular weight excluding hydrogens is 549 g/mol. The number of hydrogen-bond acceptors (Lipinski definition) is 5. The van der Waals surface area contributed by atoms with E-state index in [-0.39, 0.29) is 35.0 Å². The number of carbonyl (C=O) groups is 2. The third-order valence-corrected chi connectivity index (χ3v) is 7.69. The molecule has 2 aromatic carbocycles. The molecule has 0 saturated carbocycles. The molecule has 2 amide bonds. The van der Waals surface area contributed by atoms with Crippen LogP contribution >= 0.6 is 34.8 Å². The number of benzene rings is 2. The van der Waals surface area contributed by atoms with Gasteiger partial charge in [0.05, 0.1) is 29.1 Å². The van der Waals surface area contributed by atoms with Gasteiger partial charge < -0.3 is 15.0 Å². The predicted molar refractivity (Wildman–Crippen MR) is 145 cm³/mol. The van der Waals surface area contributed by atoms with Gasteiger partial charge in [-0.2, -0.15) is 0 Å². The van der Waals surface area contributed by atoms with E-state index in [1.54, 1.807) is 31.2 Å². The molecule has 8 nitrogen and oxygen atoms in total. The molecule has 0 aliphatic heterocycles. The van der Waals surface area contributed by atoms with Gasteiger partial charge in [-0.1, -0.05) is 47.8 Å². The summed E-state index contributed by atoms with van der Waals surface area (Å²) in [5, 5.41) is 3.76. The third kappa shape index (κ3) is 7.90. The molecule has 2 aromatic rings. The van der Waals surface area contributed by atoms with Gasteiger partial charge in [0.25, 0.3) is 0 Å². The lowest BCUT2D eigenvalue weighted by atomic mass is 10.1. The molecule has 2 rings (SSSR count). The van der Waals surface area contributed by atoms with E-state index in [1.165, 1.54) is 24.1 Å². The minimum atomic E-state index is -3.94. The van der Waals surface area contributed by atoms with Crippen LogP contribution in [0.5, 0.6) is 5.75 Å². The number of nitrogens with zero attached hydrogens (tertiary/aromatic N) is 2. The Bertz CT molecular complexity index is 1210. The number of rotatable bonds is 11. The summed E-state index contributed by atoms with van der Waals surface area (Å²) in [6, 6.07) is 8.30. The minimum Gasteiger partial charge on any atom is -0.495 e. The first kappa shape index (κ1) is 30.0. The molecule has 0 aromatic heterocycles. The van der Waals surface area contributed by atoms with Crippen LogP contribution in [0.15, 0.2) is 36.4 Å². The van der Waals surface area contributed by atoms with Gasteiger partial charge in [-0.05, 0) is 56.2 Å². The molecule has 0 saturated heterocycles. The SMILES string of the molecule is CC[C@H](C)NC(=O)[C@@H](C)N(Cc1ccc(Cl)c(Cl)c1)C(=O)CN(c1cc(Cl)ccc1OC)S(C)(=O)=O. The third-order valence-electron chi connectivity index (χ3n) is 5.59. The fourth-order valence-corrected chi connectivity index (χ4v) is 4.67. The lowest BCUT2D eigenvalue weighted by molar-refractivity contribution is -0.139. The number of methoxy groups -OCH3 is 1. The first-order valence-corrected chi connectivity index (χ1v) is 14.1. The Morgan fingerprint density at radius 1 is 1.06 bits per heavy atom. The van der Waals surface area contributed by atoms with Crippen molar-refractivity contribution in [2.24, 2.45) is 0 Å². The normalized spacial score (nSPS) is 13.0. The second kappa shape index (κ2) is 12.9. The van der Waals surface area contributed by atoms with Crippen molar-refractivity contribution in [2.45, 2.75) is 45.8 Å². The monoisotopic (exact) mass is 577 g/mol. The quantitative estimate of drug-likeness (QED) is 0.415. The van der Waals surface area contributed by atoms with E-state index in [2.05, 4.69) is 5.32 Å². The largest absolute Gasteiger partial charge is 0.495 e. The number of sulfonamides is 1. The molecule has 0 spiro atoms. The maximum Gasteiger partial charge on any atom is 0.244 e. The molecule has 36 heavy (non-hydrogen) atoms. The highest BCUT2D eigenvalue weighted by molar-refractivity contribution is 7.92. The predicted octanol–water partition coefficient (Wildman–Crippen LogP) is 4.75. The fraction of sp³-hybridized carbons (Fsp3) is 0.417. The Kier molecular flexibility index (Phi) is 10.7. The van der Waals surface area contributed by atoms with Crippen LogP contribution in [-0.4, -0.2) is 57.1 Å². The van der Waals surface area contributed by atoms with Crippen molar-refractivity contribution in [1.29, 1.82) is 0 Å². The zero-order valence-corrected chi connectivity index (χ0v) is 23.8. The van der Waals surface area contributed by atoms with Crippen LogP contribution in [0.2, 0.25) is 15.1 Å². The average molecular weight is 579 g/mol. The first-order chi connectivity index (χ1) is 16.8. The standard InChI is InChI=1S/C24H30Cl3N3O5S/c1-6-15(2)28-24(32)16(3)29(13-17-7-9-19(26)20(27)11-17)23(31)14-30(36(5,33)34)21-12-18(25)8-10-22(21)35-4/h7-12,15-16H,6,13-14H2,1-5H3,(H,28,32)/t15-,16+/m0/s1. The topological polar surface area (TPSA) is 96.0 Å². The Labute approximate surface area is 227 Å². The number of carbonyl (C=O) groups excluding carboxylic acids is 2. The number of anilines is 1. The summed E-state index contributed by atoms with van der Waals surface area (Å²) in [7, 11) is -2.56. The van der Waals surface area contributed by atoms with Crippen molar-refractivity contribution in [3.05, 3.63) is 57.0 Å². The molecule has 0 aliphatic carbocycles.